The van der Waals surface area contributed by atoms with Gasteiger partial charge in [-0.25, -0.2) is 9.97 Å². The lowest BCUT2D eigenvalue weighted by molar-refractivity contribution is -0.141. The molecule has 5 nitrogen and oxygen atoms in total. The summed E-state index contributed by atoms with van der Waals surface area (Å²) in [6, 6.07) is 0.767. The fourth-order valence-corrected chi connectivity index (χ4v) is 1.05. The standard InChI is InChI=1S/C9H10F3N3O2/c1-15(4-8(16)17-2)7-3-6(9(10,11)12)13-5-14-7/h3,5H,4H2,1-2H3. The summed E-state index contributed by atoms with van der Waals surface area (Å²) in [5, 5.41) is 0. The molecule has 0 aliphatic carbocycles. The maximum atomic E-state index is 12.4. The summed E-state index contributed by atoms with van der Waals surface area (Å²) < 4.78 is 41.5. The maximum absolute atomic E-state index is 12.4. The van der Waals surface area contributed by atoms with Crippen LogP contribution < -0.4 is 4.90 Å². The molecule has 0 aromatic carbocycles. The van der Waals surface area contributed by atoms with Crippen molar-refractivity contribution in [1.82, 2.24) is 9.97 Å². The lowest BCUT2D eigenvalue weighted by atomic mass is 10.3. The second-order valence-corrected chi connectivity index (χ2v) is 3.19. The van der Waals surface area contributed by atoms with Gasteiger partial charge < -0.3 is 9.64 Å². The number of halogens is 3. The number of esters is 1. The van der Waals surface area contributed by atoms with Gasteiger partial charge in [0, 0.05) is 13.1 Å². The van der Waals surface area contributed by atoms with E-state index < -0.39 is 17.8 Å². The number of aromatic nitrogens is 2. The van der Waals surface area contributed by atoms with Crippen LogP contribution in [0.5, 0.6) is 0 Å². The molecule has 0 saturated carbocycles. The van der Waals surface area contributed by atoms with Crippen molar-refractivity contribution in [2.45, 2.75) is 6.18 Å². The number of hydrogen-bond acceptors (Lipinski definition) is 5. The van der Waals surface area contributed by atoms with E-state index in [1.165, 1.54) is 19.1 Å². The van der Waals surface area contributed by atoms with E-state index in [0.717, 1.165) is 12.4 Å². The Morgan fingerprint density at radius 2 is 2.12 bits per heavy atom. The van der Waals surface area contributed by atoms with Crippen LogP contribution in [0.15, 0.2) is 12.4 Å². The Bertz CT molecular complexity index is 409. The van der Waals surface area contributed by atoms with E-state index >= 15 is 0 Å². The zero-order chi connectivity index (χ0) is 13.1. The molecule has 1 aromatic heterocycles. The fourth-order valence-electron chi connectivity index (χ4n) is 1.05. The topological polar surface area (TPSA) is 55.3 Å². The summed E-state index contributed by atoms with van der Waals surface area (Å²) in [4.78, 5) is 18.9. The van der Waals surface area contributed by atoms with E-state index in [4.69, 9.17) is 0 Å². The van der Waals surface area contributed by atoms with E-state index in [1.807, 2.05) is 0 Å². The summed E-state index contributed by atoms with van der Waals surface area (Å²) in [6.45, 7) is -0.190. The van der Waals surface area contributed by atoms with Crippen molar-refractivity contribution in [1.29, 1.82) is 0 Å². The van der Waals surface area contributed by atoms with Crippen molar-refractivity contribution >= 4 is 11.8 Å². The SMILES string of the molecule is COC(=O)CN(C)c1cc(C(F)(F)F)ncn1. The van der Waals surface area contributed by atoms with Gasteiger partial charge in [-0.1, -0.05) is 0 Å². The number of hydrogen-bond donors (Lipinski definition) is 0. The van der Waals surface area contributed by atoms with Crippen LogP contribution in [0.1, 0.15) is 5.69 Å². The van der Waals surface area contributed by atoms with Crippen LogP contribution in [0.3, 0.4) is 0 Å². The number of carbonyl (C=O) groups is 1. The summed E-state index contributed by atoms with van der Waals surface area (Å²) in [6.07, 6.45) is -3.74. The highest BCUT2D eigenvalue weighted by Crippen LogP contribution is 2.28. The molecule has 0 saturated heterocycles. The maximum Gasteiger partial charge on any atom is 0.433 e. The van der Waals surface area contributed by atoms with Gasteiger partial charge in [-0.15, -0.1) is 0 Å². The second-order valence-electron chi connectivity index (χ2n) is 3.19. The van der Waals surface area contributed by atoms with Gasteiger partial charge in [-0.2, -0.15) is 13.2 Å². The van der Waals surface area contributed by atoms with Crippen LogP contribution in [0.2, 0.25) is 0 Å². The minimum absolute atomic E-state index is 0.00211. The van der Waals surface area contributed by atoms with E-state index in [2.05, 4.69) is 14.7 Å². The fraction of sp³-hybridized carbons (Fsp3) is 0.444. The molecule has 0 spiro atoms. The Kier molecular flexibility index (Phi) is 3.87. The number of anilines is 1. The number of methoxy groups -OCH3 is 1. The Labute approximate surface area is 95.2 Å². The van der Waals surface area contributed by atoms with Crippen molar-refractivity contribution in [3.05, 3.63) is 18.1 Å². The number of likely N-dealkylation sites (N-methyl/N-ethyl adjacent to an activating group) is 1. The van der Waals surface area contributed by atoms with E-state index in [9.17, 15) is 18.0 Å². The summed E-state index contributed by atoms with van der Waals surface area (Å²) in [7, 11) is 2.62. The quantitative estimate of drug-likeness (QED) is 0.751. The Morgan fingerprint density at radius 3 is 2.65 bits per heavy atom. The van der Waals surface area contributed by atoms with Gasteiger partial charge in [0.1, 0.15) is 24.4 Å². The largest absolute Gasteiger partial charge is 0.468 e. The smallest absolute Gasteiger partial charge is 0.433 e. The first kappa shape index (κ1) is 13.2. The number of alkyl halides is 3. The lowest BCUT2D eigenvalue weighted by Crippen LogP contribution is -2.27. The zero-order valence-electron chi connectivity index (χ0n) is 9.15. The van der Waals surface area contributed by atoms with E-state index in [1.54, 1.807) is 0 Å². The normalized spacial score (nSPS) is 11.1. The summed E-state index contributed by atoms with van der Waals surface area (Å²) in [5.74, 6) is -0.572. The van der Waals surface area contributed by atoms with Gasteiger partial charge in [0.25, 0.3) is 0 Å². The van der Waals surface area contributed by atoms with Crippen LogP contribution in [-0.4, -0.2) is 36.6 Å². The highest BCUT2D eigenvalue weighted by atomic mass is 19.4. The average Bonchev–Trinajstić information content (AvgIpc) is 2.28. The Morgan fingerprint density at radius 1 is 1.47 bits per heavy atom. The molecular formula is C9H10F3N3O2. The molecule has 17 heavy (non-hydrogen) atoms. The molecule has 1 aromatic rings. The summed E-state index contributed by atoms with van der Waals surface area (Å²) in [5.41, 5.74) is -1.06. The Hall–Kier alpha value is -1.86. The van der Waals surface area contributed by atoms with Crippen LogP contribution in [0, 0.1) is 0 Å². The highest BCUT2D eigenvalue weighted by molar-refractivity contribution is 5.74. The van der Waals surface area contributed by atoms with Gasteiger partial charge in [0.05, 0.1) is 7.11 Å². The lowest BCUT2D eigenvalue weighted by Gasteiger charge is -2.17. The zero-order valence-corrected chi connectivity index (χ0v) is 9.15. The molecule has 0 unspecified atom stereocenters. The number of ether oxygens (including phenoxy) is 1. The molecule has 0 bridgehead atoms. The molecule has 1 heterocycles. The first-order valence-corrected chi connectivity index (χ1v) is 4.52. The van der Waals surface area contributed by atoms with Crippen LogP contribution in [-0.2, 0) is 15.7 Å². The molecule has 0 amide bonds. The van der Waals surface area contributed by atoms with Gasteiger partial charge in [-0.3, -0.25) is 4.79 Å². The molecular weight excluding hydrogens is 239 g/mol. The monoisotopic (exact) mass is 249 g/mol. The molecule has 0 radical (unpaired) electrons. The van der Waals surface area contributed by atoms with Crippen molar-refractivity contribution < 1.29 is 22.7 Å². The van der Waals surface area contributed by atoms with Gasteiger partial charge in [-0.05, 0) is 0 Å². The van der Waals surface area contributed by atoms with Crippen LogP contribution >= 0.6 is 0 Å². The average molecular weight is 249 g/mol. The van der Waals surface area contributed by atoms with Crippen molar-refractivity contribution in [2.75, 3.05) is 25.6 Å². The Balaban J connectivity index is 2.88. The van der Waals surface area contributed by atoms with Gasteiger partial charge >= 0.3 is 12.1 Å². The third-order valence-electron chi connectivity index (χ3n) is 1.93. The number of carbonyl (C=O) groups excluding carboxylic acids is 1. The van der Waals surface area contributed by atoms with E-state index in [0.29, 0.717) is 0 Å². The molecule has 0 aliphatic rings. The summed E-state index contributed by atoms with van der Waals surface area (Å²) >= 11 is 0. The third kappa shape index (κ3) is 3.58. The molecule has 0 aliphatic heterocycles. The number of nitrogens with zero attached hydrogens (tertiary/aromatic N) is 3. The van der Waals surface area contributed by atoms with Crippen LogP contribution in [0.25, 0.3) is 0 Å². The van der Waals surface area contributed by atoms with Crippen LogP contribution in [0.4, 0.5) is 19.0 Å². The predicted octanol–water partition coefficient (Wildman–Crippen LogP) is 1.10. The predicted molar refractivity (Wildman–Crippen MR) is 52.3 cm³/mol. The van der Waals surface area contributed by atoms with Gasteiger partial charge in [0.15, 0.2) is 0 Å². The van der Waals surface area contributed by atoms with Crippen molar-refractivity contribution in [3.8, 4) is 0 Å². The minimum atomic E-state index is -4.54. The molecule has 0 atom stereocenters. The molecule has 94 valence electrons. The molecule has 0 N–H and O–H groups in total. The van der Waals surface area contributed by atoms with Crippen molar-refractivity contribution in [2.24, 2.45) is 0 Å². The van der Waals surface area contributed by atoms with Gasteiger partial charge in [0.2, 0.25) is 0 Å². The first-order chi connectivity index (χ1) is 7.84. The molecule has 1 rings (SSSR count). The first-order valence-electron chi connectivity index (χ1n) is 4.52. The van der Waals surface area contributed by atoms with E-state index in [-0.39, 0.29) is 12.4 Å². The molecule has 0 fully saturated rings. The van der Waals surface area contributed by atoms with Crippen molar-refractivity contribution in [3.63, 3.8) is 0 Å². The molecule has 8 heteroatoms. The number of rotatable bonds is 3. The second kappa shape index (κ2) is 4.98. The third-order valence-corrected chi connectivity index (χ3v) is 1.93. The minimum Gasteiger partial charge on any atom is -0.468 e. The highest BCUT2D eigenvalue weighted by Gasteiger charge is 2.33.